The van der Waals surface area contributed by atoms with Gasteiger partial charge in [-0.1, -0.05) is 0 Å². The van der Waals surface area contributed by atoms with Crippen LogP contribution in [0.4, 0.5) is 5.95 Å². The highest BCUT2D eigenvalue weighted by Gasteiger charge is 2.07. The van der Waals surface area contributed by atoms with Crippen molar-refractivity contribution in [3.05, 3.63) is 30.1 Å². The number of hydrogen-bond donors (Lipinski definition) is 2. The summed E-state index contributed by atoms with van der Waals surface area (Å²) in [6.45, 7) is 1.72. The van der Waals surface area contributed by atoms with Crippen LogP contribution in [-0.4, -0.2) is 40.2 Å². The first-order chi connectivity index (χ1) is 8.68. The molecule has 0 aliphatic rings. The lowest BCUT2D eigenvalue weighted by Gasteiger charge is -2.12. The van der Waals surface area contributed by atoms with E-state index < -0.39 is 0 Å². The van der Waals surface area contributed by atoms with E-state index in [9.17, 15) is 0 Å². The molecule has 98 valence electrons. The molecular formula is C12H20N6. The van der Waals surface area contributed by atoms with Gasteiger partial charge in [-0.05, 0) is 0 Å². The van der Waals surface area contributed by atoms with E-state index in [4.69, 9.17) is 0 Å². The van der Waals surface area contributed by atoms with Crippen molar-refractivity contribution >= 4 is 5.95 Å². The lowest BCUT2D eigenvalue weighted by molar-refractivity contribution is 0.643. The largest absolute Gasteiger partial charge is 0.349 e. The Morgan fingerprint density at radius 1 is 1.39 bits per heavy atom. The van der Waals surface area contributed by atoms with Crippen LogP contribution in [0.15, 0.2) is 18.6 Å². The minimum atomic E-state index is 0.818. The highest BCUT2D eigenvalue weighted by atomic mass is 15.3. The van der Waals surface area contributed by atoms with Crippen molar-refractivity contribution < 1.29 is 0 Å². The van der Waals surface area contributed by atoms with E-state index in [1.807, 2.05) is 38.4 Å². The number of imidazole rings is 2. The average molecular weight is 248 g/mol. The van der Waals surface area contributed by atoms with Gasteiger partial charge in [0.05, 0.1) is 11.9 Å². The van der Waals surface area contributed by atoms with Crippen LogP contribution in [0.3, 0.4) is 0 Å². The third-order valence-corrected chi connectivity index (χ3v) is 2.86. The van der Waals surface area contributed by atoms with E-state index in [1.54, 1.807) is 6.20 Å². The molecule has 2 heterocycles. The van der Waals surface area contributed by atoms with Crippen LogP contribution < -0.4 is 10.2 Å². The topological polar surface area (TPSA) is 61.8 Å². The number of hydrogen-bond acceptors (Lipinski definition) is 4. The maximum Gasteiger partial charge on any atom is 0.204 e. The zero-order valence-electron chi connectivity index (χ0n) is 11.1. The molecule has 0 radical (unpaired) electrons. The Hall–Kier alpha value is -1.82. The average Bonchev–Trinajstić information content (AvgIpc) is 2.95. The summed E-state index contributed by atoms with van der Waals surface area (Å²) in [5, 5.41) is 3.39. The first-order valence-electron chi connectivity index (χ1n) is 6.05. The molecule has 2 aromatic rings. The van der Waals surface area contributed by atoms with Gasteiger partial charge in [0, 0.05) is 53.0 Å². The molecule has 0 unspecified atom stereocenters. The highest BCUT2D eigenvalue weighted by Crippen LogP contribution is 2.10. The molecule has 0 bridgehead atoms. The summed E-state index contributed by atoms with van der Waals surface area (Å²) in [5.74, 6) is 1.99. The third kappa shape index (κ3) is 2.89. The first kappa shape index (κ1) is 12.6. The molecule has 6 heteroatoms. The summed E-state index contributed by atoms with van der Waals surface area (Å²) >= 11 is 0. The number of nitrogens with one attached hydrogen (secondary N) is 2. The fourth-order valence-electron chi connectivity index (χ4n) is 1.87. The monoisotopic (exact) mass is 248 g/mol. The van der Waals surface area contributed by atoms with Gasteiger partial charge in [0.2, 0.25) is 5.95 Å². The van der Waals surface area contributed by atoms with E-state index in [2.05, 4.69) is 24.8 Å². The van der Waals surface area contributed by atoms with Gasteiger partial charge in [0.1, 0.15) is 5.82 Å². The minimum absolute atomic E-state index is 0.818. The SMILES string of the molecule is CN(C)c1ncc(CNCCc2ncc[nH]2)n1C. The van der Waals surface area contributed by atoms with Gasteiger partial charge >= 0.3 is 0 Å². The van der Waals surface area contributed by atoms with E-state index in [1.165, 1.54) is 5.69 Å². The van der Waals surface area contributed by atoms with Crippen LogP contribution in [0.5, 0.6) is 0 Å². The first-order valence-corrected chi connectivity index (χ1v) is 6.05. The van der Waals surface area contributed by atoms with Crippen molar-refractivity contribution in [1.29, 1.82) is 0 Å². The lowest BCUT2D eigenvalue weighted by atomic mass is 10.4. The highest BCUT2D eigenvalue weighted by molar-refractivity contribution is 5.30. The van der Waals surface area contributed by atoms with Gasteiger partial charge in [-0.25, -0.2) is 9.97 Å². The Labute approximate surface area is 107 Å². The molecular weight excluding hydrogens is 228 g/mol. The molecule has 2 rings (SSSR count). The molecule has 0 aromatic carbocycles. The molecule has 0 atom stereocenters. The van der Waals surface area contributed by atoms with E-state index in [0.717, 1.165) is 31.3 Å². The molecule has 2 aromatic heterocycles. The quantitative estimate of drug-likeness (QED) is 0.733. The predicted molar refractivity (Wildman–Crippen MR) is 71.5 cm³/mol. The van der Waals surface area contributed by atoms with Crippen LogP contribution in [0, 0.1) is 0 Å². The Bertz CT molecular complexity index is 471. The maximum atomic E-state index is 4.37. The zero-order chi connectivity index (χ0) is 13.0. The number of H-pyrrole nitrogens is 1. The van der Waals surface area contributed by atoms with Gasteiger partial charge in [-0.3, -0.25) is 0 Å². The standard InChI is InChI=1S/C12H20N6/c1-17(2)12-16-9-10(18(12)3)8-13-5-4-11-14-6-7-15-11/h6-7,9,13H,4-5,8H2,1-3H3,(H,14,15). The fourth-order valence-corrected chi connectivity index (χ4v) is 1.87. The fraction of sp³-hybridized carbons (Fsp3) is 0.500. The third-order valence-electron chi connectivity index (χ3n) is 2.86. The van der Waals surface area contributed by atoms with E-state index >= 15 is 0 Å². The molecule has 0 amide bonds. The number of rotatable bonds is 6. The number of anilines is 1. The smallest absolute Gasteiger partial charge is 0.204 e. The predicted octanol–water partition coefficient (Wildman–Crippen LogP) is 0.541. The van der Waals surface area contributed by atoms with Crippen LogP contribution in [0.1, 0.15) is 11.5 Å². The second kappa shape index (κ2) is 5.68. The second-order valence-corrected chi connectivity index (χ2v) is 4.47. The normalized spacial score (nSPS) is 10.8. The van der Waals surface area contributed by atoms with Crippen molar-refractivity contribution in [3.8, 4) is 0 Å². The van der Waals surface area contributed by atoms with Crippen molar-refractivity contribution in [2.24, 2.45) is 7.05 Å². The Morgan fingerprint density at radius 2 is 2.22 bits per heavy atom. The molecule has 0 saturated carbocycles. The molecule has 0 saturated heterocycles. The molecule has 0 aliphatic heterocycles. The van der Waals surface area contributed by atoms with Gasteiger partial charge in [0.25, 0.3) is 0 Å². The van der Waals surface area contributed by atoms with Gasteiger partial charge < -0.3 is 19.8 Å². The van der Waals surface area contributed by atoms with Crippen molar-refractivity contribution in [2.45, 2.75) is 13.0 Å². The Morgan fingerprint density at radius 3 is 2.83 bits per heavy atom. The van der Waals surface area contributed by atoms with Crippen LogP contribution in [0.2, 0.25) is 0 Å². The molecule has 0 spiro atoms. The van der Waals surface area contributed by atoms with Crippen LogP contribution >= 0.6 is 0 Å². The maximum absolute atomic E-state index is 4.37. The molecule has 2 N–H and O–H groups in total. The molecule has 6 nitrogen and oxygen atoms in total. The molecule has 18 heavy (non-hydrogen) atoms. The summed E-state index contributed by atoms with van der Waals surface area (Å²) in [4.78, 5) is 13.7. The van der Waals surface area contributed by atoms with E-state index in [-0.39, 0.29) is 0 Å². The number of aromatic amines is 1. The van der Waals surface area contributed by atoms with Gasteiger partial charge in [0.15, 0.2) is 0 Å². The van der Waals surface area contributed by atoms with Crippen molar-refractivity contribution in [3.63, 3.8) is 0 Å². The summed E-state index contributed by atoms with van der Waals surface area (Å²) in [7, 11) is 6.03. The van der Waals surface area contributed by atoms with Crippen LogP contribution in [0.25, 0.3) is 0 Å². The second-order valence-electron chi connectivity index (χ2n) is 4.47. The van der Waals surface area contributed by atoms with E-state index in [0.29, 0.717) is 0 Å². The Balaban J connectivity index is 1.80. The van der Waals surface area contributed by atoms with Gasteiger partial charge in [-0.2, -0.15) is 0 Å². The lowest BCUT2D eigenvalue weighted by Crippen LogP contribution is -2.20. The summed E-state index contributed by atoms with van der Waals surface area (Å²) in [6, 6.07) is 0. The zero-order valence-corrected chi connectivity index (χ0v) is 11.1. The summed E-state index contributed by atoms with van der Waals surface area (Å²) in [6.07, 6.45) is 6.44. The Kier molecular flexibility index (Phi) is 3.99. The molecule has 0 aliphatic carbocycles. The van der Waals surface area contributed by atoms with Gasteiger partial charge in [-0.15, -0.1) is 0 Å². The van der Waals surface area contributed by atoms with Crippen molar-refractivity contribution in [2.75, 3.05) is 25.5 Å². The summed E-state index contributed by atoms with van der Waals surface area (Å²) in [5.41, 5.74) is 1.18. The van der Waals surface area contributed by atoms with Crippen molar-refractivity contribution in [1.82, 2.24) is 24.8 Å². The number of aromatic nitrogens is 4. The number of nitrogens with zero attached hydrogens (tertiary/aromatic N) is 4. The minimum Gasteiger partial charge on any atom is -0.349 e. The van der Waals surface area contributed by atoms with Crippen LogP contribution in [-0.2, 0) is 20.0 Å². The molecule has 0 fully saturated rings. The summed E-state index contributed by atoms with van der Waals surface area (Å²) < 4.78 is 2.10.